The summed E-state index contributed by atoms with van der Waals surface area (Å²) >= 11 is 0. The average Bonchev–Trinajstić information content (AvgIpc) is 3.65. The summed E-state index contributed by atoms with van der Waals surface area (Å²) in [6.07, 6.45) is 11.1. The van der Waals surface area contributed by atoms with Gasteiger partial charge in [-0.1, -0.05) is 43.5 Å². The molecule has 2 aliphatic rings. The number of nitrogens with zero attached hydrogens (tertiary/aromatic N) is 5. The number of benzene rings is 1. The van der Waals surface area contributed by atoms with Crippen LogP contribution in [0, 0.1) is 11.7 Å². The second-order valence-electron chi connectivity index (χ2n) is 11.6. The summed E-state index contributed by atoms with van der Waals surface area (Å²) in [6, 6.07) is 7.34. The number of halogens is 1. The zero-order valence-electron chi connectivity index (χ0n) is 24.7. The van der Waals surface area contributed by atoms with Gasteiger partial charge in [-0.2, -0.15) is 0 Å². The van der Waals surface area contributed by atoms with Gasteiger partial charge in [0.15, 0.2) is 5.82 Å². The Morgan fingerprint density at radius 3 is 2.60 bits per heavy atom. The molecular weight excluding hydrogens is 568 g/mol. The molecule has 5 rings (SSSR count). The van der Waals surface area contributed by atoms with Crippen LogP contribution >= 0.6 is 9.24 Å². The third-order valence-corrected chi connectivity index (χ3v) is 8.95. The molecule has 1 aliphatic heterocycles. The lowest BCUT2D eigenvalue weighted by Crippen LogP contribution is -2.56. The second-order valence-corrected chi connectivity index (χ2v) is 12.3. The SMILES string of the molecule is CNCC(=O)NC(C(=O)N1CCCC1CN(CCc1ccc(P)cc1)C(=O)c1cn2cc(F)cnc2n1)C1CCCCC1. The van der Waals surface area contributed by atoms with Gasteiger partial charge < -0.3 is 20.4 Å². The molecule has 2 fully saturated rings. The van der Waals surface area contributed by atoms with Crippen LogP contribution in [0.2, 0.25) is 0 Å². The molecule has 3 unspecified atom stereocenters. The molecule has 10 nitrogen and oxygen atoms in total. The number of carbonyl (C=O) groups is 3. The lowest BCUT2D eigenvalue weighted by Gasteiger charge is -2.36. The first kappa shape index (κ1) is 31.0. The number of carbonyl (C=O) groups excluding carboxylic acids is 3. The fourth-order valence-corrected chi connectivity index (χ4v) is 6.52. The standard InChI is InChI=1S/C31H41FN7O3P/c1-33-17-27(40)36-28(22-6-3-2-4-7-22)30(42)39-14-5-8-24(39)19-37(15-13-21-9-11-25(43)12-10-21)29(41)26-20-38-18-23(32)16-34-31(38)35-26/h9-12,16,18,20,22,24,28,33H,2-8,13-15,17,19,43H2,1H3,(H,36,40). The zero-order valence-corrected chi connectivity index (χ0v) is 25.8. The quantitative estimate of drug-likeness (QED) is 0.323. The van der Waals surface area contributed by atoms with Crippen LogP contribution < -0.4 is 15.9 Å². The fraction of sp³-hybridized carbons (Fsp3) is 0.516. The van der Waals surface area contributed by atoms with Crippen molar-refractivity contribution >= 4 is 38.0 Å². The van der Waals surface area contributed by atoms with Crippen LogP contribution in [0.4, 0.5) is 4.39 Å². The van der Waals surface area contributed by atoms with Crippen molar-refractivity contribution in [2.75, 3.05) is 33.2 Å². The van der Waals surface area contributed by atoms with Gasteiger partial charge in [-0.15, -0.1) is 9.24 Å². The Labute approximate surface area is 254 Å². The summed E-state index contributed by atoms with van der Waals surface area (Å²) < 4.78 is 15.2. The van der Waals surface area contributed by atoms with E-state index in [9.17, 15) is 18.8 Å². The first-order valence-electron chi connectivity index (χ1n) is 15.2. The minimum atomic E-state index is -0.573. The molecule has 1 aromatic carbocycles. The van der Waals surface area contributed by atoms with E-state index in [1.54, 1.807) is 11.9 Å². The van der Waals surface area contributed by atoms with Crippen molar-refractivity contribution < 1.29 is 18.8 Å². The maximum Gasteiger partial charge on any atom is 0.274 e. The van der Waals surface area contributed by atoms with Crippen LogP contribution in [0.1, 0.15) is 61.0 Å². The van der Waals surface area contributed by atoms with E-state index in [1.165, 1.54) is 16.8 Å². The Hall–Kier alpha value is -3.43. The number of fused-ring (bicyclic) bond motifs is 1. The van der Waals surface area contributed by atoms with Crippen molar-refractivity contribution in [1.82, 2.24) is 34.8 Å². The van der Waals surface area contributed by atoms with E-state index in [-0.39, 0.29) is 47.7 Å². The third kappa shape index (κ3) is 7.75. The summed E-state index contributed by atoms with van der Waals surface area (Å²) in [7, 11) is 4.38. The molecular formula is C31H41FN7O3P. The first-order valence-corrected chi connectivity index (χ1v) is 15.8. The number of likely N-dealkylation sites (tertiary alicyclic amines) is 1. The Kier molecular flexibility index (Phi) is 10.4. The van der Waals surface area contributed by atoms with E-state index in [0.29, 0.717) is 26.1 Å². The Morgan fingerprint density at radius 2 is 1.86 bits per heavy atom. The number of imidazole rings is 1. The highest BCUT2D eigenvalue weighted by Gasteiger charge is 2.39. The predicted octanol–water partition coefficient (Wildman–Crippen LogP) is 2.33. The largest absolute Gasteiger partial charge is 0.343 e. The van der Waals surface area contributed by atoms with Crippen LogP contribution in [-0.4, -0.2) is 87.2 Å². The van der Waals surface area contributed by atoms with Crippen LogP contribution in [0.3, 0.4) is 0 Å². The molecule has 12 heteroatoms. The van der Waals surface area contributed by atoms with Crippen molar-refractivity contribution in [2.45, 2.75) is 63.5 Å². The molecule has 0 bridgehead atoms. The predicted molar refractivity (Wildman–Crippen MR) is 166 cm³/mol. The molecule has 3 aromatic rings. The highest BCUT2D eigenvalue weighted by atomic mass is 31.0. The Morgan fingerprint density at radius 1 is 1.09 bits per heavy atom. The molecule has 2 N–H and O–H groups in total. The second kappa shape index (κ2) is 14.4. The summed E-state index contributed by atoms with van der Waals surface area (Å²) in [6.45, 7) is 1.50. The lowest BCUT2D eigenvalue weighted by molar-refractivity contribution is -0.139. The van der Waals surface area contributed by atoms with E-state index < -0.39 is 11.9 Å². The summed E-state index contributed by atoms with van der Waals surface area (Å²) in [4.78, 5) is 52.6. The summed E-state index contributed by atoms with van der Waals surface area (Å²) in [5.41, 5.74) is 1.26. The molecule has 1 saturated carbocycles. The van der Waals surface area contributed by atoms with Crippen molar-refractivity contribution in [2.24, 2.45) is 5.92 Å². The Bertz CT molecular complexity index is 1430. The van der Waals surface area contributed by atoms with E-state index >= 15 is 0 Å². The summed E-state index contributed by atoms with van der Waals surface area (Å²) in [5, 5.41) is 6.99. The van der Waals surface area contributed by atoms with Crippen molar-refractivity contribution in [3.63, 3.8) is 0 Å². The number of likely N-dealkylation sites (N-methyl/N-ethyl adjacent to an activating group) is 1. The highest BCUT2D eigenvalue weighted by Crippen LogP contribution is 2.29. The van der Waals surface area contributed by atoms with Gasteiger partial charge >= 0.3 is 0 Å². The molecule has 3 atom stereocenters. The molecule has 0 spiro atoms. The van der Waals surface area contributed by atoms with E-state index in [1.807, 2.05) is 29.2 Å². The molecule has 0 radical (unpaired) electrons. The third-order valence-electron chi connectivity index (χ3n) is 8.57. The number of hydrogen-bond acceptors (Lipinski definition) is 6. The van der Waals surface area contributed by atoms with Crippen LogP contribution in [0.15, 0.2) is 42.9 Å². The Balaban J connectivity index is 1.37. The minimum absolute atomic E-state index is 0.0605. The maximum atomic E-state index is 14.1. The minimum Gasteiger partial charge on any atom is -0.343 e. The molecule has 230 valence electrons. The van der Waals surface area contributed by atoms with Gasteiger partial charge in [0.25, 0.3) is 5.91 Å². The molecule has 3 amide bonds. The van der Waals surface area contributed by atoms with E-state index in [2.05, 4.69) is 29.8 Å². The van der Waals surface area contributed by atoms with Gasteiger partial charge in [-0.3, -0.25) is 18.8 Å². The van der Waals surface area contributed by atoms with Crippen molar-refractivity contribution in [3.05, 3.63) is 59.9 Å². The maximum absolute atomic E-state index is 14.1. The van der Waals surface area contributed by atoms with Gasteiger partial charge in [0.1, 0.15) is 11.7 Å². The van der Waals surface area contributed by atoms with Crippen LogP contribution in [0.5, 0.6) is 0 Å². The zero-order chi connectivity index (χ0) is 30.3. The molecule has 1 saturated heterocycles. The van der Waals surface area contributed by atoms with E-state index in [4.69, 9.17) is 0 Å². The highest BCUT2D eigenvalue weighted by molar-refractivity contribution is 7.27. The number of aromatic nitrogens is 3. The smallest absolute Gasteiger partial charge is 0.274 e. The van der Waals surface area contributed by atoms with Crippen molar-refractivity contribution in [1.29, 1.82) is 0 Å². The van der Waals surface area contributed by atoms with Crippen molar-refractivity contribution in [3.8, 4) is 0 Å². The molecule has 1 aliphatic carbocycles. The molecule has 43 heavy (non-hydrogen) atoms. The first-order chi connectivity index (χ1) is 20.8. The number of rotatable bonds is 11. The normalized spacial score (nSPS) is 18.1. The lowest BCUT2D eigenvalue weighted by atomic mass is 9.83. The number of nitrogens with one attached hydrogen (secondary N) is 2. The average molecular weight is 610 g/mol. The van der Waals surface area contributed by atoms with Crippen LogP contribution in [-0.2, 0) is 16.0 Å². The van der Waals surface area contributed by atoms with E-state index in [0.717, 1.165) is 62.0 Å². The van der Waals surface area contributed by atoms with Gasteiger partial charge in [0.05, 0.1) is 12.7 Å². The van der Waals surface area contributed by atoms with Gasteiger partial charge in [0, 0.05) is 38.1 Å². The van der Waals surface area contributed by atoms with Gasteiger partial charge in [-0.05, 0) is 55.9 Å². The number of hydrogen-bond donors (Lipinski definition) is 2. The van der Waals surface area contributed by atoms with Gasteiger partial charge in [0.2, 0.25) is 17.6 Å². The van der Waals surface area contributed by atoms with Gasteiger partial charge in [-0.25, -0.2) is 14.4 Å². The monoisotopic (exact) mass is 609 g/mol. The topological polar surface area (TPSA) is 112 Å². The number of amides is 3. The van der Waals surface area contributed by atoms with Crippen LogP contribution in [0.25, 0.3) is 5.78 Å². The molecule has 2 aromatic heterocycles. The summed E-state index contributed by atoms with van der Waals surface area (Å²) in [5.74, 6) is -0.716. The fourth-order valence-electron chi connectivity index (χ4n) is 6.33. The molecule has 3 heterocycles.